The summed E-state index contributed by atoms with van der Waals surface area (Å²) >= 11 is 0. The number of aromatic hydroxyl groups is 1. The maximum absolute atomic E-state index is 12.8. The second kappa shape index (κ2) is 7.40. The molecule has 1 heterocycles. The van der Waals surface area contributed by atoms with Crippen molar-refractivity contribution >= 4 is 34.1 Å². The Labute approximate surface area is 165 Å². The molecular weight excluding hydrogens is 370 g/mol. The van der Waals surface area contributed by atoms with Crippen LogP contribution in [-0.4, -0.2) is 26.9 Å². The summed E-state index contributed by atoms with van der Waals surface area (Å²) in [4.78, 5) is 25.0. The molecule has 0 radical (unpaired) electrons. The van der Waals surface area contributed by atoms with Crippen molar-refractivity contribution in [3.05, 3.63) is 90.0 Å². The third-order valence-corrected chi connectivity index (χ3v) is 4.47. The highest BCUT2D eigenvalue weighted by molar-refractivity contribution is 6.18. The van der Waals surface area contributed by atoms with Crippen LogP contribution in [0.3, 0.4) is 0 Å². The number of hydrogen-bond acceptors (Lipinski definition) is 4. The maximum atomic E-state index is 12.8. The van der Waals surface area contributed by atoms with E-state index < -0.39 is 17.7 Å². The SMILES string of the molecule is O=C(Nc1ccccc1)Nc1ccc2c(C(=O)c3ccccc3)c(O)n(O)c2c1. The topological polar surface area (TPSA) is 104 Å². The van der Waals surface area contributed by atoms with Crippen LogP contribution >= 0.6 is 0 Å². The maximum Gasteiger partial charge on any atom is 0.323 e. The molecule has 0 saturated heterocycles. The third kappa shape index (κ3) is 3.49. The highest BCUT2D eigenvalue weighted by Gasteiger charge is 2.23. The van der Waals surface area contributed by atoms with Gasteiger partial charge < -0.3 is 20.9 Å². The van der Waals surface area contributed by atoms with E-state index in [0.717, 1.165) is 0 Å². The van der Waals surface area contributed by atoms with Gasteiger partial charge in [-0.2, -0.15) is 4.73 Å². The van der Waals surface area contributed by atoms with E-state index in [1.54, 1.807) is 66.7 Å². The summed E-state index contributed by atoms with van der Waals surface area (Å²) in [5.41, 5.74) is 1.59. The lowest BCUT2D eigenvalue weighted by molar-refractivity contribution is 0.103. The van der Waals surface area contributed by atoms with Crippen molar-refractivity contribution in [1.82, 2.24) is 4.73 Å². The lowest BCUT2D eigenvalue weighted by Gasteiger charge is -2.08. The summed E-state index contributed by atoms with van der Waals surface area (Å²) < 4.78 is 0.534. The second-order valence-corrected chi connectivity index (χ2v) is 6.38. The molecular formula is C22H17N3O4. The largest absolute Gasteiger partial charge is 0.492 e. The predicted molar refractivity (Wildman–Crippen MR) is 110 cm³/mol. The van der Waals surface area contributed by atoms with Gasteiger partial charge >= 0.3 is 6.03 Å². The fourth-order valence-corrected chi connectivity index (χ4v) is 3.11. The van der Waals surface area contributed by atoms with Gasteiger partial charge in [-0.15, -0.1) is 0 Å². The Hall–Kier alpha value is -4.26. The normalized spacial score (nSPS) is 10.6. The molecule has 7 heteroatoms. The molecule has 0 atom stereocenters. The van der Waals surface area contributed by atoms with Gasteiger partial charge in [0.1, 0.15) is 0 Å². The smallest absolute Gasteiger partial charge is 0.323 e. The van der Waals surface area contributed by atoms with Gasteiger partial charge in [-0.1, -0.05) is 48.5 Å². The lowest BCUT2D eigenvalue weighted by Crippen LogP contribution is -2.19. The molecule has 0 spiro atoms. The molecule has 4 aromatic rings. The van der Waals surface area contributed by atoms with E-state index in [1.807, 2.05) is 6.07 Å². The molecule has 0 aliphatic rings. The highest BCUT2D eigenvalue weighted by atomic mass is 16.5. The minimum absolute atomic E-state index is 0.00557. The first-order valence-electron chi connectivity index (χ1n) is 8.84. The van der Waals surface area contributed by atoms with Crippen LogP contribution in [0.4, 0.5) is 16.2 Å². The molecule has 0 bridgehead atoms. The van der Waals surface area contributed by atoms with Crippen molar-refractivity contribution in [3.8, 4) is 5.88 Å². The zero-order valence-electron chi connectivity index (χ0n) is 15.2. The predicted octanol–water partition coefficient (Wildman–Crippen LogP) is 4.46. The zero-order chi connectivity index (χ0) is 20.4. The number of nitrogens with one attached hydrogen (secondary N) is 2. The molecule has 4 N–H and O–H groups in total. The number of nitrogens with zero attached hydrogens (tertiary/aromatic N) is 1. The number of fused-ring (bicyclic) bond motifs is 1. The number of rotatable bonds is 4. The number of carbonyl (C=O) groups is 2. The first-order chi connectivity index (χ1) is 14.0. The Morgan fingerprint density at radius 3 is 2.10 bits per heavy atom. The van der Waals surface area contributed by atoms with Crippen LogP contribution in [0.5, 0.6) is 5.88 Å². The van der Waals surface area contributed by atoms with Crippen molar-refractivity contribution in [1.29, 1.82) is 0 Å². The quantitative estimate of drug-likeness (QED) is 0.307. The number of ketones is 1. The van der Waals surface area contributed by atoms with Crippen LogP contribution in [0.15, 0.2) is 78.9 Å². The van der Waals surface area contributed by atoms with E-state index in [9.17, 15) is 19.9 Å². The van der Waals surface area contributed by atoms with E-state index in [2.05, 4.69) is 10.6 Å². The van der Waals surface area contributed by atoms with Gasteiger partial charge in [0.05, 0.1) is 11.1 Å². The van der Waals surface area contributed by atoms with Gasteiger partial charge in [0.2, 0.25) is 5.88 Å². The number of carbonyl (C=O) groups excluding carboxylic acids is 2. The van der Waals surface area contributed by atoms with Crippen LogP contribution in [0.1, 0.15) is 15.9 Å². The zero-order valence-corrected chi connectivity index (χ0v) is 15.2. The van der Waals surface area contributed by atoms with Gasteiger partial charge in [0.15, 0.2) is 5.78 Å². The van der Waals surface area contributed by atoms with Crippen LogP contribution < -0.4 is 10.6 Å². The number of aromatic nitrogens is 1. The Morgan fingerprint density at radius 2 is 1.41 bits per heavy atom. The molecule has 3 aromatic carbocycles. The number of anilines is 2. The first kappa shape index (κ1) is 18.1. The fourth-order valence-electron chi connectivity index (χ4n) is 3.11. The average Bonchev–Trinajstić information content (AvgIpc) is 2.99. The Bertz CT molecular complexity index is 1200. The van der Waals surface area contributed by atoms with Crippen molar-refractivity contribution < 1.29 is 19.9 Å². The molecule has 0 saturated carbocycles. The summed E-state index contributed by atoms with van der Waals surface area (Å²) in [6.07, 6.45) is 0. The number of urea groups is 1. The van der Waals surface area contributed by atoms with E-state index >= 15 is 0 Å². The minimum Gasteiger partial charge on any atom is -0.492 e. The fraction of sp³-hybridized carbons (Fsp3) is 0. The van der Waals surface area contributed by atoms with Gasteiger partial charge in [0.25, 0.3) is 0 Å². The van der Waals surface area contributed by atoms with Crippen LogP contribution in [0, 0.1) is 0 Å². The molecule has 0 aliphatic carbocycles. The monoisotopic (exact) mass is 387 g/mol. The third-order valence-electron chi connectivity index (χ3n) is 4.47. The van der Waals surface area contributed by atoms with Crippen molar-refractivity contribution in [2.75, 3.05) is 10.6 Å². The Morgan fingerprint density at radius 1 is 0.793 bits per heavy atom. The molecule has 0 unspecified atom stereocenters. The van der Waals surface area contributed by atoms with Crippen LogP contribution in [0.25, 0.3) is 10.9 Å². The van der Waals surface area contributed by atoms with E-state index in [4.69, 9.17) is 0 Å². The molecule has 0 aliphatic heterocycles. The Balaban J connectivity index is 1.64. The summed E-state index contributed by atoms with van der Waals surface area (Å²) in [7, 11) is 0. The van der Waals surface area contributed by atoms with E-state index in [-0.39, 0.29) is 11.1 Å². The van der Waals surface area contributed by atoms with Gasteiger partial charge in [0, 0.05) is 22.3 Å². The summed E-state index contributed by atoms with van der Waals surface area (Å²) in [6.45, 7) is 0. The van der Waals surface area contributed by atoms with Gasteiger partial charge in [-0.25, -0.2) is 4.79 Å². The lowest BCUT2D eigenvalue weighted by atomic mass is 10.0. The summed E-state index contributed by atoms with van der Waals surface area (Å²) in [5, 5.41) is 26.3. The van der Waals surface area contributed by atoms with Crippen molar-refractivity contribution in [2.45, 2.75) is 0 Å². The molecule has 1 aromatic heterocycles. The average molecular weight is 387 g/mol. The number of hydrogen-bond donors (Lipinski definition) is 4. The van der Waals surface area contributed by atoms with E-state index in [0.29, 0.717) is 27.1 Å². The van der Waals surface area contributed by atoms with Crippen LogP contribution in [0.2, 0.25) is 0 Å². The summed E-state index contributed by atoms with van der Waals surface area (Å²) in [6, 6.07) is 21.6. The molecule has 7 nitrogen and oxygen atoms in total. The highest BCUT2D eigenvalue weighted by Crippen LogP contribution is 2.33. The molecule has 144 valence electrons. The number of amides is 2. The molecule has 4 rings (SSSR count). The van der Waals surface area contributed by atoms with Gasteiger partial charge in [-0.3, -0.25) is 4.79 Å². The minimum atomic E-state index is -0.556. The number of para-hydroxylation sites is 1. The standard InChI is InChI=1S/C22H17N3O4/c26-20(14-7-3-1-4-8-14)19-17-12-11-16(13-18(17)25(29)21(19)27)24-22(28)23-15-9-5-2-6-10-15/h1-13,27,29H,(H2,23,24,28). The van der Waals surface area contributed by atoms with Crippen molar-refractivity contribution in [2.24, 2.45) is 0 Å². The Kier molecular flexibility index (Phi) is 4.62. The molecule has 2 amide bonds. The second-order valence-electron chi connectivity index (χ2n) is 6.38. The van der Waals surface area contributed by atoms with E-state index in [1.165, 1.54) is 6.07 Å². The summed E-state index contributed by atoms with van der Waals surface area (Å²) in [5.74, 6) is -0.969. The van der Waals surface area contributed by atoms with Crippen LogP contribution in [-0.2, 0) is 0 Å². The number of benzene rings is 3. The molecule has 29 heavy (non-hydrogen) atoms. The van der Waals surface area contributed by atoms with Crippen molar-refractivity contribution in [3.63, 3.8) is 0 Å². The molecule has 0 fully saturated rings. The van der Waals surface area contributed by atoms with Gasteiger partial charge in [-0.05, 0) is 30.3 Å². The first-order valence-corrected chi connectivity index (χ1v) is 8.84.